The van der Waals surface area contributed by atoms with Gasteiger partial charge in [-0.05, 0) is 132 Å². The number of aryl methyl sites for hydroxylation is 4. The first-order chi connectivity index (χ1) is 30.3. The summed E-state index contributed by atoms with van der Waals surface area (Å²) in [6.07, 6.45) is 6.03. The molecule has 0 fully saturated rings. The summed E-state index contributed by atoms with van der Waals surface area (Å²) in [5.74, 6) is -2.20. The average molecular weight is 847 g/mol. The molecule has 6 rings (SSSR count). The van der Waals surface area contributed by atoms with Gasteiger partial charge in [0, 0.05) is 5.56 Å². The lowest BCUT2D eigenvalue weighted by Gasteiger charge is -2.24. The lowest BCUT2D eigenvalue weighted by atomic mass is 9.80. The molecule has 0 saturated heterocycles. The van der Waals surface area contributed by atoms with Crippen LogP contribution in [-0.4, -0.2) is 34.1 Å². The van der Waals surface area contributed by atoms with Crippen LogP contribution in [0.3, 0.4) is 0 Å². The average Bonchev–Trinajstić information content (AvgIpc) is 3.27. The summed E-state index contributed by atoms with van der Waals surface area (Å²) in [6.45, 7) is 14.4. The number of benzene rings is 6. The van der Waals surface area contributed by atoms with Crippen LogP contribution < -0.4 is 9.47 Å². The zero-order valence-electron chi connectivity index (χ0n) is 37.4. The highest BCUT2D eigenvalue weighted by Gasteiger charge is 2.27. The van der Waals surface area contributed by atoms with E-state index in [9.17, 15) is 29.4 Å². The molecule has 0 heterocycles. The van der Waals surface area contributed by atoms with Gasteiger partial charge in [0.25, 0.3) is 0 Å². The van der Waals surface area contributed by atoms with Crippen LogP contribution in [0.4, 0.5) is 0 Å². The summed E-state index contributed by atoms with van der Waals surface area (Å²) in [5, 5.41) is 19.9. The van der Waals surface area contributed by atoms with Gasteiger partial charge < -0.3 is 19.7 Å². The fourth-order valence-electron chi connectivity index (χ4n) is 8.14. The van der Waals surface area contributed by atoms with E-state index >= 15 is 0 Å². The van der Waals surface area contributed by atoms with E-state index in [0.29, 0.717) is 40.2 Å². The number of unbranched alkanes of at least 4 members (excludes halogenated alkanes) is 1. The minimum Gasteiger partial charge on any atom is -0.478 e. The molecule has 326 valence electrons. The molecule has 2 N–H and O–H groups in total. The molecule has 0 unspecified atom stereocenters. The summed E-state index contributed by atoms with van der Waals surface area (Å²) in [7, 11) is 0. The Morgan fingerprint density at radius 3 is 1.44 bits per heavy atom. The van der Waals surface area contributed by atoms with Crippen molar-refractivity contribution in [1.82, 2.24) is 0 Å². The van der Waals surface area contributed by atoms with Gasteiger partial charge in [0.2, 0.25) is 0 Å². The first-order valence-corrected chi connectivity index (χ1v) is 21.8. The van der Waals surface area contributed by atoms with Gasteiger partial charge in [-0.15, -0.1) is 0 Å². The van der Waals surface area contributed by atoms with Gasteiger partial charge in [-0.2, -0.15) is 0 Å². The summed E-state index contributed by atoms with van der Waals surface area (Å²) >= 11 is 0. The molecule has 0 saturated carbocycles. The summed E-state index contributed by atoms with van der Waals surface area (Å²) < 4.78 is 11.8. The molecule has 0 aliphatic rings. The van der Waals surface area contributed by atoms with Crippen molar-refractivity contribution in [1.29, 1.82) is 0 Å². The van der Waals surface area contributed by atoms with E-state index in [-0.39, 0.29) is 17.0 Å². The number of hydrogen-bond acceptors (Lipinski definition) is 6. The molecule has 6 aromatic carbocycles. The Kier molecular flexibility index (Phi) is 16.8. The highest BCUT2D eigenvalue weighted by Crippen LogP contribution is 2.44. The molecule has 0 aliphatic carbocycles. The number of carboxylic acid groups (broad SMARTS) is 2. The van der Waals surface area contributed by atoms with Gasteiger partial charge in [0.05, 0.1) is 22.3 Å². The van der Waals surface area contributed by atoms with E-state index in [0.717, 1.165) is 83.0 Å². The Balaban J connectivity index is 0.000000238. The van der Waals surface area contributed by atoms with Crippen LogP contribution in [-0.2, 0) is 19.3 Å². The van der Waals surface area contributed by atoms with E-state index in [2.05, 4.69) is 33.8 Å². The molecule has 0 amide bonds. The molecule has 0 spiro atoms. The number of hydrogen-bond donors (Lipinski definition) is 2. The molecular formula is C55H58O8. The van der Waals surface area contributed by atoms with Gasteiger partial charge in [-0.25, -0.2) is 19.2 Å². The predicted octanol–water partition coefficient (Wildman–Crippen LogP) is 13.5. The predicted molar refractivity (Wildman–Crippen MR) is 251 cm³/mol. The summed E-state index contributed by atoms with van der Waals surface area (Å²) in [5.41, 5.74) is 10.3. The molecule has 6 aromatic rings. The van der Waals surface area contributed by atoms with Crippen molar-refractivity contribution < 1.29 is 38.9 Å². The third-order valence-electron chi connectivity index (χ3n) is 11.0. The van der Waals surface area contributed by atoms with Crippen LogP contribution in [0.5, 0.6) is 11.5 Å². The molecule has 0 bridgehead atoms. The number of carboxylic acids is 2. The van der Waals surface area contributed by atoms with Crippen LogP contribution in [0.2, 0.25) is 0 Å². The maximum Gasteiger partial charge on any atom is 0.343 e. The number of carbonyl (C=O) groups is 4. The van der Waals surface area contributed by atoms with Crippen LogP contribution in [0.15, 0.2) is 121 Å². The van der Waals surface area contributed by atoms with Crippen molar-refractivity contribution in [2.24, 2.45) is 0 Å². The third-order valence-corrected chi connectivity index (χ3v) is 11.0. The number of rotatable bonds is 16. The number of ether oxygens (including phenoxy) is 2. The Morgan fingerprint density at radius 2 is 0.968 bits per heavy atom. The molecule has 8 heteroatoms. The fraction of sp³-hybridized carbons (Fsp3) is 0.273. The largest absolute Gasteiger partial charge is 0.478 e. The lowest BCUT2D eigenvalue weighted by molar-refractivity contribution is 0.0679. The summed E-state index contributed by atoms with van der Waals surface area (Å²) in [6, 6.07) is 35.9. The van der Waals surface area contributed by atoms with Crippen molar-refractivity contribution in [3.63, 3.8) is 0 Å². The standard InChI is InChI=1S/C28H30O4.C27H28O4/c1-4-6-12-20-18(3)17-19(11-5-2)25(21-13-7-9-15-23(21)27(29)30)26(20)22-14-8-10-16-24(22)28(31)32;1-5-12-22-17-19(4)23(18(2)3)25(31-27(29)21-15-10-7-11-16-21)24(22)30-26(28)20-13-8-6-9-14-20/h7-10,13-17H,4-6,11-12H2,1-3H3,(H,29,30)(H,31,32);6-11,13-18H,5,12H2,1-4H3. The molecule has 0 atom stereocenters. The lowest BCUT2D eigenvalue weighted by Crippen LogP contribution is -2.16. The maximum atomic E-state index is 12.9. The molecular weight excluding hydrogens is 789 g/mol. The second-order valence-corrected chi connectivity index (χ2v) is 16.0. The highest BCUT2D eigenvalue weighted by molar-refractivity contribution is 6.04. The molecule has 0 aromatic heterocycles. The van der Waals surface area contributed by atoms with E-state index in [1.165, 1.54) is 0 Å². The van der Waals surface area contributed by atoms with Gasteiger partial charge in [0.15, 0.2) is 11.5 Å². The normalized spacial score (nSPS) is 10.8. The fourth-order valence-corrected chi connectivity index (χ4v) is 8.14. The maximum absolute atomic E-state index is 12.9. The third kappa shape index (κ3) is 11.4. The Bertz CT molecular complexity index is 2550. The molecule has 0 radical (unpaired) electrons. The van der Waals surface area contributed by atoms with Crippen LogP contribution in [0.1, 0.15) is 141 Å². The second kappa shape index (κ2) is 22.3. The number of aromatic carboxylic acids is 2. The first-order valence-electron chi connectivity index (χ1n) is 21.8. The first kappa shape index (κ1) is 47.3. The molecule has 8 nitrogen and oxygen atoms in total. The smallest absolute Gasteiger partial charge is 0.343 e. The zero-order chi connectivity index (χ0) is 45.6. The second-order valence-electron chi connectivity index (χ2n) is 16.0. The molecule has 0 aliphatic heterocycles. The quantitative estimate of drug-likeness (QED) is 0.0728. The van der Waals surface area contributed by atoms with Crippen molar-refractivity contribution in [2.75, 3.05) is 0 Å². The highest BCUT2D eigenvalue weighted by atomic mass is 16.6. The van der Waals surface area contributed by atoms with Gasteiger partial charge in [0.1, 0.15) is 0 Å². The van der Waals surface area contributed by atoms with Crippen LogP contribution in [0.25, 0.3) is 22.3 Å². The summed E-state index contributed by atoms with van der Waals surface area (Å²) in [4.78, 5) is 50.1. The topological polar surface area (TPSA) is 127 Å². The van der Waals surface area contributed by atoms with Crippen molar-refractivity contribution in [3.05, 3.63) is 177 Å². The van der Waals surface area contributed by atoms with E-state index in [1.54, 1.807) is 72.8 Å². The van der Waals surface area contributed by atoms with E-state index < -0.39 is 23.9 Å². The monoisotopic (exact) mass is 846 g/mol. The van der Waals surface area contributed by atoms with Crippen molar-refractivity contribution in [2.45, 2.75) is 99.3 Å². The van der Waals surface area contributed by atoms with Gasteiger partial charge in [-0.3, -0.25) is 0 Å². The Morgan fingerprint density at radius 1 is 0.524 bits per heavy atom. The number of esters is 2. The molecule has 63 heavy (non-hydrogen) atoms. The van der Waals surface area contributed by atoms with Crippen LogP contribution in [0, 0.1) is 13.8 Å². The zero-order valence-corrected chi connectivity index (χ0v) is 37.4. The minimum atomic E-state index is -0.990. The Hall–Kier alpha value is -6.80. The van der Waals surface area contributed by atoms with E-state index in [1.807, 2.05) is 63.2 Å². The van der Waals surface area contributed by atoms with Gasteiger partial charge in [-0.1, -0.05) is 139 Å². The Labute approximate surface area is 371 Å². The van der Waals surface area contributed by atoms with Crippen molar-refractivity contribution >= 4 is 23.9 Å². The SMILES string of the molecule is CCCCc1c(C)cc(CCC)c(-c2ccccc2C(=O)O)c1-c1ccccc1C(=O)O.CCCc1cc(C)c(C(C)C)c(OC(=O)c2ccccc2)c1OC(=O)c1ccccc1. The van der Waals surface area contributed by atoms with E-state index in [4.69, 9.17) is 9.47 Å². The van der Waals surface area contributed by atoms with Crippen molar-refractivity contribution in [3.8, 4) is 33.8 Å². The van der Waals surface area contributed by atoms with Crippen LogP contribution >= 0.6 is 0 Å². The minimum absolute atomic E-state index is 0.0726. The number of carbonyl (C=O) groups excluding carboxylic acids is 2. The van der Waals surface area contributed by atoms with Gasteiger partial charge >= 0.3 is 23.9 Å².